The van der Waals surface area contributed by atoms with Crippen molar-refractivity contribution in [3.05, 3.63) is 33.5 Å². The van der Waals surface area contributed by atoms with Crippen molar-refractivity contribution in [2.75, 3.05) is 11.9 Å². The van der Waals surface area contributed by atoms with E-state index in [2.05, 4.69) is 31.4 Å². The van der Waals surface area contributed by atoms with Crippen LogP contribution in [-0.2, 0) is 4.79 Å². The Morgan fingerprint density at radius 3 is 2.86 bits per heavy atom. The summed E-state index contributed by atoms with van der Waals surface area (Å²) in [5.74, 6) is -0.672. The Hall–Kier alpha value is -1.54. The first-order chi connectivity index (χ1) is 9.95. The number of aromatic nitrogens is 2. The molecule has 0 aliphatic carbocycles. The van der Waals surface area contributed by atoms with Crippen LogP contribution in [-0.4, -0.2) is 22.7 Å². The highest BCUT2D eigenvalue weighted by molar-refractivity contribution is 9.10. The molecular formula is C13H13BrFN3O2S. The fraction of sp³-hybridized carbons (Fsp3) is 0.308. The van der Waals surface area contributed by atoms with E-state index in [0.717, 1.165) is 5.01 Å². The monoisotopic (exact) mass is 373 g/mol. The van der Waals surface area contributed by atoms with Crippen molar-refractivity contribution in [1.82, 2.24) is 10.2 Å². The molecule has 0 saturated heterocycles. The Kier molecular flexibility index (Phi) is 5.24. The maximum Gasteiger partial charge on any atom is 0.264 e. The average Bonchev–Trinajstić information content (AvgIpc) is 2.86. The van der Waals surface area contributed by atoms with Gasteiger partial charge in [0, 0.05) is 10.4 Å². The Morgan fingerprint density at radius 2 is 2.24 bits per heavy atom. The molecular weight excluding hydrogens is 361 g/mol. The molecule has 1 N–H and O–H groups in total. The quantitative estimate of drug-likeness (QED) is 0.869. The van der Waals surface area contributed by atoms with Crippen molar-refractivity contribution in [2.24, 2.45) is 0 Å². The molecule has 5 nitrogen and oxygen atoms in total. The van der Waals surface area contributed by atoms with Gasteiger partial charge in [-0.2, -0.15) is 0 Å². The van der Waals surface area contributed by atoms with Crippen LogP contribution in [0.25, 0.3) is 0 Å². The van der Waals surface area contributed by atoms with Crippen LogP contribution in [0.2, 0.25) is 0 Å². The molecule has 2 aromatic rings. The molecule has 2 rings (SSSR count). The summed E-state index contributed by atoms with van der Waals surface area (Å²) in [6, 6.07) is 4.36. The molecule has 1 aromatic heterocycles. The van der Waals surface area contributed by atoms with Gasteiger partial charge < -0.3 is 4.74 Å². The lowest BCUT2D eigenvalue weighted by Crippen LogP contribution is -2.20. The van der Waals surface area contributed by atoms with E-state index in [0.29, 0.717) is 9.60 Å². The maximum atomic E-state index is 13.5. The van der Waals surface area contributed by atoms with Crippen LogP contribution in [0.1, 0.15) is 24.8 Å². The molecule has 0 radical (unpaired) electrons. The topological polar surface area (TPSA) is 64.1 Å². The molecule has 0 unspecified atom stereocenters. The van der Waals surface area contributed by atoms with E-state index in [1.165, 1.54) is 23.5 Å². The van der Waals surface area contributed by atoms with Crippen molar-refractivity contribution in [1.29, 1.82) is 0 Å². The lowest BCUT2D eigenvalue weighted by atomic mass is 10.2. The molecule has 0 fully saturated rings. The SMILES string of the molecule is CC(C)c1nnc(NC(=O)COc2ccc(Br)cc2F)s1. The van der Waals surface area contributed by atoms with Gasteiger partial charge in [0.1, 0.15) is 5.01 Å². The smallest absolute Gasteiger partial charge is 0.264 e. The predicted octanol–water partition coefficient (Wildman–Crippen LogP) is 3.58. The molecule has 112 valence electrons. The zero-order valence-corrected chi connectivity index (χ0v) is 13.8. The number of carbonyl (C=O) groups is 1. The molecule has 1 aromatic carbocycles. The van der Waals surface area contributed by atoms with Crippen molar-refractivity contribution in [3.8, 4) is 5.75 Å². The fourth-order valence-corrected chi connectivity index (χ4v) is 2.50. The first-order valence-corrected chi connectivity index (χ1v) is 7.77. The number of rotatable bonds is 5. The standard InChI is InChI=1S/C13H13BrFN3O2S/c1-7(2)12-17-18-13(21-12)16-11(19)6-20-10-4-3-8(14)5-9(10)15/h3-5,7H,6H2,1-2H3,(H,16,18,19). The number of benzene rings is 1. The van der Waals surface area contributed by atoms with Gasteiger partial charge >= 0.3 is 0 Å². The Bertz CT molecular complexity index is 648. The minimum Gasteiger partial charge on any atom is -0.481 e. The molecule has 21 heavy (non-hydrogen) atoms. The zero-order chi connectivity index (χ0) is 15.4. The van der Waals surface area contributed by atoms with Gasteiger partial charge in [0.2, 0.25) is 5.13 Å². The summed E-state index contributed by atoms with van der Waals surface area (Å²) in [5, 5.41) is 11.6. The van der Waals surface area contributed by atoms with Crippen LogP contribution in [0.5, 0.6) is 5.75 Å². The van der Waals surface area contributed by atoms with Crippen LogP contribution >= 0.6 is 27.3 Å². The highest BCUT2D eigenvalue weighted by Crippen LogP contribution is 2.23. The molecule has 0 aliphatic heterocycles. The number of nitrogens with one attached hydrogen (secondary N) is 1. The second kappa shape index (κ2) is 6.95. The highest BCUT2D eigenvalue weighted by atomic mass is 79.9. The normalized spacial score (nSPS) is 10.7. The number of anilines is 1. The Balaban J connectivity index is 1.89. The lowest BCUT2D eigenvalue weighted by molar-refractivity contribution is -0.118. The summed E-state index contributed by atoms with van der Waals surface area (Å²) in [7, 11) is 0. The van der Waals surface area contributed by atoms with Gasteiger partial charge in [0.05, 0.1) is 0 Å². The van der Waals surface area contributed by atoms with Crippen molar-refractivity contribution < 1.29 is 13.9 Å². The van der Waals surface area contributed by atoms with E-state index < -0.39 is 11.7 Å². The van der Waals surface area contributed by atoms with E-state index in [4.69, 9.17) is 4.74 Å². The Morgan fingerprint density at radius 1 is 1.48 bits per heavy atom. The van der Waals surface area contributed by atoms with Gasteiger partial charge in [0.15, 0.2) is 18.2 Å². The van der Waals surface area contributed by atoms with E-state index >= 15 is 0 Å². The highest BCUT2D eigenvalue weighted by Gasteiger charge is 2.12. The van der Waals surface area contributed by atoms with Gasteiger partial charge in [-0.1, -0.05) is 41.1 Å². The van der Waals surface area contributed by atoms with Gasteiger partial charge in [-0.25, -0.2) is 4.39 Å². The number of hydrogen-bond donors (Lipinski definition) is 1. The van der Waals surface area contributed by atoms with Crippen LogP contribution in [0.15, 0.2) is 22.7 Å². The largest absolute Gasteiger partial charge is 0.481 e. The van der Waals surface area contributed by atoms with Crippen LogP contribution in [0.4, 0.5) is 9.52 Å². The number of carbonyl (C=O) groups excluding carboxylic acids is 1. The third-order valence-corrected chi connectivity index (χ3v) is 4.07. The number of amides is 1. The predicted molar refractivity (Wildman–Crippen MR) is 82.2 cm³/mol. The number of ether oxygens (including phenoxy) is 1. The van der Waals surface area contributed by atoms with E-state index in [1.54, 1.807) is 6.07 Å². The minimum atomic E-state index is -0.532. The first-order valence-electron chi connectivity index (χ1n) is 6.17. The third kappa shape index (κ3) is 4.47. The summed E-state index contributed by atoms with van der Waals surface area (Å²) in [5.41, 5.74) is 0. The Labute approximate surface area is 133 Å². The summed E-state index contributed by atoms with van der Waals surface area (Å²) < 4.78 is 19.2. The lowest BCUT2D eigenvalue weighted by Gasteiger charge is -2.06. The molecule has 0 bridgehead atoms. The summed E-state index contributed by atoms with van der Waals surface area (Å²) in [4.78, 5) is 11.7. The molecule has 1 heterocycles. The van der Waals surface area contributed by atoms with Crippen LogP contribution in [0.3, 0.4) is 0 Å². The second-order valence-corrected chi connectivity index (χ2v) is 6.44. The van der Waals surface area contributed by atoms with Crippen molar-refractivity contribution in [3.63, 3.8) is 0 Å². The molecule has 1 amide bonds. The number of nitrogens with zero attached hydrogens (tertiary/aromatic N) is 2. The van der Waals surface area contributed by atoms with E-state index in [-0.39, 0.29) is 18.3 Å². The van der Waals surface area contributed by atoms with Gasteiger partial charge in [0.25, 0.3) is 5.91 Å². The van der Waals surface area contributed by atoms with Crippen LogP contribution < -0.4 is 10.1 Å². The zero-order valence-electron chi connectivity index (χ0n) is 11.4. The third-order valence-electron chi connectivity index (χ3n) is 2.43. The number of halogens is 2. The van der Waals surface area contributed by atoms with E-state index in [9.17, 15) is 9.18 Å². The summed E-state index contributed by atoms with van der Waals surface area (Å²) >= 11 is 4.45. The molecule has 0 aliphatic rings. The molecule has 0 atom stereocenters. The van der Waals surface area contributed by atoms with Gasteiger partial charge in [-0.05, 0) is 18.2 Å². The average molecular weight is 374 g/mol. The minimum absolute atomic E-state index is 0.0217. The van der Waals surface area contributed by atoms with Crippen molar-refractivity contribution in [2.45, 2.75) is 19.8 Å². The van der Waals surface area contributed by atoms with Gasteiger partial charge in [-0.15, -0.1) is 10.2 Å². The first kappa shape index (κ1) is 15.8. The molecule has 8 heteroatoms. The summed E-state index contributed by atoms with van der Waals surface area (Å²) in [6.45, 7) is 3.69. The van der Waals surface area contributed by atoms with Gasteiger partial charge in [-0.3, -0.25) is 10.1 Å². The summed E-state index contributed by atoms with van der Waals surface area (Å²) in [6.07, 6.45) is 0. The van der Waals surface area contributed by atoms with E-state index in [1.807, 2.05) is 13.8 Å². The van der Waals surface area contributed by atoms with Crippen LogP contribution in [0, 0.1) is 5.82 Å². The molecule has 0 spiro atoms. The number of hydrogen-bond acceptors (Lipinski definition) is 5. The second-order valence-electron chi connectivity index (χ2n) is 4.51. The van der Waals surface area contributed by atoms with Crippen molar-refractivity contribution >= 4 is 38.3 Å². The maximum absolute atomic E-state index is 13.5. The molecule has 0 saturated carbocycles. The fourth-order valence-electron chi connectivity index (χ4n) is 1.41.